The Balaban J connectivity index is 2.93. The van der Waals surface area contributed by atoms with Crippen LogP contribution in [0.2, 0.25) is 0 Å². The minimum Gasteiger partial charge on any atom is -0.478 e. The summed E-state index contributed by atoms with van der Waals surface area (Å²) >= 11 is 0. The summed E-state index contributed by atoms with van der Waals surface area (Å²) in [5.41, 5.74) is 0.426. The van der Waals surface area contributed by atoms with Gasteiger partial charge in [0.25, 0.3) is 0 Å². The summed E-state index contributed by atoms with van der Waals surface area (Å²) in [5.74, 6) is -2.26. The van der Waals surface area contributed by atoms with Crippen LogP contribution in [0.25, 0.3) is 0 Å². The Morgan fingerprint density at radius 1 is 1.11 bits per heavy atom. The van der Waals surface area contributed by atoms with Gasteiger partial charge >= 0.3 is 11.9 Å². The van der Waals surface area contributed by atoms with Crippen molar-refractivity contribution >= 4 is 11.9 Å². The lowest BCUT2D eigenvalue weighted by Crippen LogP contribution is -2.08. The van der Waals surface area contributed by atoms with E-state index in [4.69, 9.17) is 20.4 Å². The van der Waals surface area contributed by atoms with Crippen LogP contribution in [0, 0.1) is 0 Å². The van der Waals surface area contributed by atoms with E-state index in [1.807, 2.05) is 0 Å². The molecule has 0 saturated heterocycles. The van der Waals surface area contributed by atoms with Crippen molar-refractivity contribution in [1.82, 2.24) is 0 Å². The van der Waals surface area contributed by atoms with Gasteiger partial charge in [-0.3, -0.25) is 0 Å². The SMILES string of the molecule is O=C(O)c1ccc(C(=O)O)c(CCCC(O)O)c1. The first-order chi connectivity index (χ1) is 8.41. The molecule has 0 amide bonds. The molecule has 0 spiro atoms. The van der Waals surface area contributed by atoms with Gasteiger partial charge in [-0.05, 0) is 43.0 Å². The van der Waals surface area contributed by atoms with Crippen LogP contribution >= 0.6 is 0 Å². The van der Waals surface area contributed by atoms with E-state index in [1.165, 1.54) is 18.2 Å². The van der Waals surface area contributed by atoms with Gasteiger partial charge in [0, 0.05) is 0 Å². The molecule has 0 aliphatic heterocycles. The summed E-state index contributed by atoms with van der Waals surface area (Å²) in [6.07, 6.45) is -0.696. The number of aliphatic hydroxyl groups excluding tert-OH is 1. The maximum atomic E-state index is 11.0. The van der Waals surface area contributed by atoms with E-state index in [-0.39, 0.29) is 24.0 Å². The standard InChI is InChI=1S/C12H14O6/c13-10(14)3-1-2-7-6-8(11(15)16)4-5-9(7)12(17)18/h4-6,10,13-14H,1-3H2,(H,15,16)(H,17,18). The number of carboxylic acids is 2. The molecule has 6 heteroatoms. The molecule has 0 aliphatic rings. The third-order valence-corrected chi connectivity index (χ3v) is 2.49. The Morgan fingerprint density at radius 2 is 1.78 bits per heavy atom. The minimum absolute atomic E-state index is 0.0135. The van der Waals surface area contributed by atoms with E-state index in [9.17, 15) is 9.59 Å². The molecule has 1 aromatic rings. The molecule has 4 N–H and O–H groups in total. The number of carbonyl (C=O) groups is 2. The fourth-order valence-electron chi connectivity index (χ4n) is 1.62. The number of aryl methyl sites for hydroxylation is 1. The zero-order chi connectivity index (χ0) is 13.7. The van der Waals surface area contributed by atoms with Crippen LogP contribution in [0.5, 0.6) is 0 Å². The zero-order valence-corrected chi connectivity index (χ0v) is 9.54. The normalized spacial score (nSPS) is 10.6. The second-order valence-corrected chi connectivity index (χ2v) is 3.86. The van der Waals surface area contributed by atoms with Gasteiger partial charge in [0.1, 0.15) is 0 Å². The van der Waals surface area contributed by atoms with Gasteiger partial charge in [-0.25, -0.2) is 9.59 Å². The molecular formula is C12H14O6. The fourth-order valence-corrected chi connectivity index (χ4v) is 1.62. The van der Waals surface area contributed by atoms with Crippen LogP contribution < -0.4 is 0 Å². The van der Waals surface area contributed by atoms with Gasteiger partial charge in [0.2, 0.25) is 0 Å². The Hall–Kier alpha value is -1.92. The molecule has 1 aromatic carbocycles. The number of carboxylic acid groups (broad SMARTS) is 2. The molecule has 0 heterocycles. The van der Waals surface area contributed by atoms with Gasteiger partial charge in [0.05, 0.1) is 11.1 Å². The van der Waals surface area contributed by atoms with E-state index in [0.717, 1.165) is 0 Å². The zero-order valence-electron chi connectivity index (χ0n) is 9.54. The molecule has 0 radical (unpaired) electrons. The number of benzene rings is 1. The Labute approximate surface area is 103 Å². The first-order valence-electron chi connectivity index (χ1n) is 5.37. The lowest BCUT2D eigenvalue weighted by Gasteiger charge is -2.08. The van der Waals surface area contributed by atoms with Crippen LogP contribution in [0.4, 0.5) is 0 Å². The van der Waals surface area contributed by atoms with E-state index < -0.39 is 18.2 Å². The highest BCUT2D eigenvalue weighted by molar-refractivity contribution is 5.93. The molecule has 0 bridgehead atoms. The summed E-state index contributed by atoms with van der Waals surface area (Å²) in [5, 5.41) is 35.2. The number of aromatic carboxylic acids is 2. The van der Waals surface area contributed by atoms with Gasteiger partial charge in [0.15, 0.2) is 6.29 Å². The molecule has 98 valence electrons. The predicted octanol–water partition coefficient (Wildman–Crippen LogP) is 0.716. The highest BCUT2D eigenvalue weighted by Crippen LogP contribution is 2.16. The summed E-state index contributed by atoms with van der Waals surface area (Å²) in [6.45, 7) is 0. The summed E-state index contributed by atoms with van der Waals surface area (Å²) in [6, 6.07) is 3.78. The number of hydrogen-bond donors (Lipinski definition) is 4. The largest absolute Gasteiger partial charge is 0.478 e. The highest BCUT2D eigenvalue weighted by atomic mass is 16.5. The third-order valence-electron chi connectivity index (χ3n) is 2.49. The lowest BCUT2D eigenvalue weighted by atomic mass is 9.99. The van der Waals surface area contributed by atoms with Crippen LogP contribution in [-0.4, -0.2) is 38.7 Å². The van der Waals surface area contributed by atoms with Crippen LogP contribution in [-0.2, 0) is 6.42 Å². The predicted molar refractivity (Wildman–Crippen MR) is 61.5 cm³/mol. The van der Waals surface area contributed by atoms with Crippen LogP contribution in [0.15, 0.2) is 18.2 Å². The molecule has 0 aromatic heterocycles. The monoisotopic (exact) mass is 254 g/mol. The summed E-state index contributed by atoms with van der Waals surface area (Å²) in [7, 11) is 0. The maximum Gasteiger partial charge on any atom is 0.335 e. The summed E-state index contributed by atoms with van der Waals surface area (Å²) in [4.78, 5) is 21.7. The van der Waals surface area contributed by atoms with E-state index >= 15 is 0 Å². The second-order valence-electron chi connectivity index (χ2n) is 3.86. The molecule has 0 saturated carbocycles. The van der Waals surface area contributed by atoms with Gasteiger partial charge < -0.3 is 20.4 Å². The van der Waals surface area contributed by atoms with Crippen LogP contribution in [0.3, 0.4) is 0 Å². The van der Waals surface area contributed by atoms with Gasteiger partial charge in [-0.1, -0.05) is 0 Å². The topological polar surface area (TPSA) is 115 Å². The average Bonchev–Trinajstić information content (AvgIpc) is 2.27. The van der Waals surface area contributed by atoms with Crippen molar-refractivity contribution in [3.63, 3.8) is 0 Å². The summed E-state index contributed by atoms with van der Waals surface area (Å²) < 4.78 is 0. The molecule has 0 aliphatic carbocycles. The van der Waals surface area contributed by atoms with Crippen molar-refractivity contribution in [1.29, 1.82) is 0 Å². The minimum atomic E-state index is -1.44. The highest BCUT2D eigenvalue weighted by Gasteiger charge is 2.13. The lowest BCUT2D eigenvalue weighted by molar-refractivity contribution is -0.0461. The molecule has 0 atom stereocenters. The fraction of sp³-hybridized carbons (Fsp3) is 0.333. The first-order valence-corrected chi connectivity index (χ1v) is 5.37. The van der Waals surface area contributed by atoms with Crippen molar-refractivity contribution < 1.29 is 30.0 Å². The van der Waals surface area contributed by atoms with Gasteiger partial charge in [-0.2, -0.15) is 0 Å². The maximum absolute atomic E-state index is 11.0. The number of rotatable bonds is 6. The van der Waals surface area contributed by atoms with Crippen molar-refractivity contribution in [3.8, 4) is 0 Å². The van der Waals surface area contributed by atoms with Crippen molar-refractivity contribution in [3.05, 3.63) is 34.9 Å². The molecule has 0 unspecified atom stereocenters. The van der Waals surface area contributed by atoms with E-state index in [2.05, 4.69) is 0 Å². The Bertz CT molecular complexity index is 452. The molecule has 0 fully saturated rings. The van der Waals surface area contributed by atoms with E-state index in [1.54, 1.807) is 0 Å². The molecule has 18 heavy (non-hydrogen) atoms. The average molecular weight is 254 g/mol. The van der Waals surface area contributed by atoms with Gasteiger partial charge in [-0.15, -0.1) is 0 Å². The second kappa shape index (κ2) is 6.13. The first kappa shape index (κ1) is 14.1. The number of aliphatic hydroxyl groups is 2. The Morgan fingerprint density at radius 3 is 2.28 bits per heavy atom. The third kappa shape index (κ3) is 3.83. The van der Waals surface area contributed by atoms with Crippen molar-refractivity contribution in [2.45, 2.75) is 25.6 Å². The molecular weight excluding hydrogens is 240 g/mol. The Kier molecular flexibility index (Phi) is 4.82. The van der Waals surface area contributed by atoms with Crippen molar-refractivity contribution in [2.75, 3.05) is 0 Å². The van der Waals surface area contributed by atoms with Crippen molar-refractivity contribution in [2.24, 2.45) is 0 Å². The number of hydrogen-bond acceptors (Lipinski definition) is 4. The molecule has 1 rings (SSSR count). The smallest absolute Gasteiger partial charge is 0.335 e. The van der Waals surface area contributed by atoms with E-state index in [0.29, 0.717) is 12.0 Å². The molecule has 6 nitrogen and oxygen atoms in total. The quantitative estimate of drug-likeness (QED) is 0.556. The van der Waals surface area contributed by atoms with Crippen LogP contribution in [0.1, 0.15) is 39.1 Å².